The number of benzene rings is 3. The van der Waals surface area contributed by atoms with Crippen LogP contribution in [0.25, 0.3) is 17.5 Å². The highest BCUT2D eigenvalue weighted by Crippen LogP contribution is 2.33. The molecule has 208 valence electrons. The Morgan fingerprint density at radius 1 is 0.950 bits per heavy atom. The van der Waals surface area contributed by atoms with Crippen LogP contribution in [-0.4, -0.2) is 42.0 Å². The van der Waals surface area contributed by atoms with Crippen molar-refractivity contribution in [1.29, 1.82) is 0 Å². The van der Waals surface area contributed by atoms with E-state index < -0.39 is 0 Å². The summed E-state index contributed by atoms with van der Waals surface area (Å²) in [6.45, 7) is 5.65. The van der Waals surface area contributed by atoms with Crippen LogP contribution in [-0.2, 0) is 19.6 Å². The number of hydrogen-bond acceptors (Lipinski definition) is 6. The fraction of sp³-hybridized carbons (Fsp3) is 0.303. The van der Waals surface area contributed by atoms with Gasteiger partial charge in [-0.3, -0.25) is 4.90 Å². The Morgan fingerprint density at radius 2 is 1.80 bits per heavy atom. The number of unbranched alkanes of at least 4 members (excludes halogenated alkanes) is 1. The first-order valence-corrected chi connectivity index (χ1v) is 13.8. The highest BCUT2D eigenvalue weighted by molar-refractivity contribution is 5.60. The second-order valence-corrected chi connectivity index (χ2v) is 9.81. The zero-order chi connectivity index (χ0) is 27.7. The molecule has 0 N–H and O–H groups in total. The third kappa shape index (κ3) is 6.49. The average Bonchev–Trinajstić information content (AvgIpc) is 3.63. The van der Waals surface area contributed by atoms with Gasteiger partial charge in [0.2, 0.25) is 6.79 Å². The van der Waals surface area contributed by atoms with E-state index in [1.807, 2.05) is 36.5 Å². The predicted molar refractivity (Wildman–Crippen MR) is 158 cm³/mol. The Balaban J connectivity index is 1.42. The van der Waals surface area contributed by atoms with Crippen molar-refractivity contribution < 1.29 is 18.9 Å². The summed E-state index contributed by atoms with van der Waals surface area (Å²) in [6, 6.07) is 22.4. The van der Waals surface area contributed by atoms with Crippen molar-refractivity contribution in [3.05, 3.63) is 95.8 Å². The van der Waals surface area contributed by atoms with Crippen LogP contribution < -0.4 is 18.9 Å². The maximum Gasteiger partial charge on any atom is 0.231 e. The van der Waals surface area contributed by atoms with E-state index in [0.29, 0.717) is 0 Å². The van der Waals surface area contributed by atoms with E-state index in [2.05, 4.69) is 64.9 Å². The molecule has 0 amide bonds. The predicted octanol–water partition coefficient (Wildman–Crippen LogP) is 6.81. The molecule has 0 atom stereocenters. The molecule has 4 aromatic rings. The molecule has 0 spiro atoms. The smallest absolute Gasteiger partial charge is 0.231 e. The summed E-state index contributed by atoms with van der Waals surface area (Å²) in [5.41, 5.74) is 4.47. The fourth-order valence-electron chi connectivity index (χ4n) is 4.93. The molecule has 3 aromatic carbocycles. The molecule has 2 heterocycles. The topological polar surface area (TPSA) is 58.0 Å². The van der Waals surface area contributed by atoms with E-state index in [0.717, 1.165) is 79.0 Å². The Hall–Kier alpha value is -4.23. The average molecular weight is 540 g/mol. The van der Waals surface area contributed by atoms with E-state index >= 15 is 0 Å². The minimum Gasteiger partial charge on any atom is -0.497 e. The van der Waals surface area contributed by atoms with Crippen molar-refractivity contribution in [1.82, 2.24) is 14.5 Å². The third-order valence-corrected chi connectivity index (χ3v) is 7.03. The fourth-order valence-corrected chi connectivity index (χ4v) is 4.93. The van der Waals surface area contributed by atoms with Crippen LogP contribution in [0, 0.1) is 0 Å². The second kappa shape index (κ2) is 13.2. The monoisotopic (exact) mass is 539 g/mol. The van der Waals surface area contributed by atoms with Crippen LogP contribution >= 0.6 is 0 Å². The van der Waals surface area contributed by atoms with Crippen molar-refractivity contribution in [3.8, 4) is 34.4 Å². The molecule has 0 saturated heterocycles. The largest absolute Gasteiger partial charge is 0.497 e. The second-order valence-electron chi connectivity index (χ2n) is 9.81. The zero-order valence-corrected chi connectivity index (χ0v) is 23.5. The molecular formula is C33H37N3O4. The molecule has 1 aliphatic heterocycles. The van der Waals surface area contributed by atoms with Crippen molar-refractivity contribution in [2.24, 2.45) is 0 Å². The molecule has 0 bridgehead atoms. The van der Waals surface area contributed by atoms with Gasteiger partial charge in [0.05, 0.1) is 26.1 Å². The number of aromatic nitrogens is 2. The number of fused-ring (bicyclic) bond motifs is 1. The molecule has 0 fully saturated rings. The van der Waals surface area contributed by atoms with Gasteiger partial charge in [-0.1, -0.05) is 61.9 Å². The van der Waals surface area contributed by atoms with E-state index in [4.69, 9.17) is 23.9 Å². The Labute approximate surface area is 236 Å². The molecular weight excluding hydrogens is 502 g/mol. The third-order valence-electron chi connectivity index (χ3n) is 7.03. The minimum atomic E-state index is 0.270. The van der Waals surface area contributed by atoms with E-state index in [1.54, 1.807) is 14.2 Å². The molecule has 1 aromatic heterocycles. The molecule has 5 rings (SSSR count). The van der Waals surface area contributed by atoms with Crippen LogP contribution in [0.2, 0.25) is 0 Å². The summed E-state index contributed by atoms with van der Waals surface area (Å²) in [4.78, 5) is 7.28. The SMILES string of the molecule is CCCCn1c(CN(C/C=C\c2cc(OC)ccc2OC)Cc2ccc3c(c2)OCO3)cnc1-c1ccccc1. The summed E-state index contributed by atoms with van der Waals surface area (Å²) >= 11 is 0. The van der Waals surface area contributed by atoms with Crippen molar-refractivity contribution in [3.63, 3.8) is 0 Å². The lowest BCUT2D eigenvalue weighted by atomic mass is 10.1. The molecule has 1 aliphatic rings. The van der Waals surface area contributed by atoms with E-state index in [1.165, 1.54) is 11.3 Å². The number of methoxy groups -OCH3 is 2. The number of imidazole rings is 1. The maximum absolute atomic E-state index is 5.65. The first kappa shape index (κ1) is 27.3. The molecule has 0 radical (unpaired) electrons. The van der Waals surface area contributed by atoms with Crippen LogP contribution in [0.3, 0.4) is 0 Å². The first-order chi connectivity index (χ1) is 19.7. The van der Waals surface area contributed by atoms with Gasteiger partial charge in [0.15, 0.2) is 11.5 Å². The van der Waals surface area contributed by atoms with Crippen LogP contribution in [0.5, 0.6) is 23.0 Å². The van der Waals surface area contributed by atoms with Gasteiger partial charge < -0.3 is 23.5 Å². The summed E-state index contributed by atoms with van der Waals surface area (Å²) in [5.74, 6) is 4.22. The van der Waals surface area contributed by atoms with E-state index in [-0.39, 0.29) is 6.79 Å². The number of rotatable bonds is 13. The lowest BCUT2D eigenvalue weighted by Gasteiger charge is -2.22. The lowest BCUT2D eigenvalue weighted by Crippen LogP contribution is -2.24. The van der Waals surface area contributed by atoms with Crippen LogP contribution in [0.4, 0.5) is 0 Å². The summed E-state index contributed by atoms with van der Waals surface area (Å²) in [6.07, 6.45) is 8.52. The van der Waals surface area contributed by atoms with Gasteiger partial charge in [0.1, 0.15) is 17.3 Å². The first-order valence-electron chi connectivity index (χ1n) is 13.8. The number of nitrogens with zero attached hydrogens (tertiary/aromatic N) is 3. The minimum absolute atomic E-state index is 0.270. The van der Waals surface area contributed by atoms with Crippen LogP contribution in [0.15, 0.2) is 79.0 Å². The number of ether oxygens (including phenoxy) is 4. The molecule has 40 heavy (non-hydrogen) atoms. The van der Waals surface area contributed by atoms with Crippen molar-refractivity contribution in [2.75, 3.05) is 27.6 Å². The van der Waals surface area contributed by atoms with Gasteiger partial charge >= 0.3 is 0 Å². The molecule has 7 nitrogen and oxygen atoms in total. The van der Waals surface area contributed by atoms with Gasteiger partial charge in [-0.05, 0) is 42.3 Å². The van der Waals surface area contributed by atoms with Gasteiger partial charge in [-0.2, -0.15) is 0 Å². The maximum atomic E-state index is 5.65. The lowest BCUT2D eigenvalue weighted by molar-refractivity contribution is 0.174. The number of hydrogen-bond donors (Lipinski definition) is 0. The standard InChI is InChI=1S/C33H37N3O4/c1-4-5-18-36-28(21-34-33(36)26-10-7-6-8-11-26)23-35(22-25-13-15-31-32(19-25)40-24-39-31)17-9-12-27-20-29(37-2)14-16-30(27)38-3/h6-16,19-21H,4-5,17-18,22-24H2,1-3H3/b12-9-. The Bertz CT molecular complexity index is 1430. The molecule has 0 saturated carbocycles. The summed E-state index contributed by atoms with van der Waals surface area (Å²) in [7, 11) is 3.36. The normalized spacial score (nSPS) is 12.4. The van der Waals surface area contributed by atoms with Crippen molar-refractivity contribution in [2.45, 2.75) is 39.4 Å². The molecule has 0 aliphatic carbocycles. The van der Waals surface area contributed by atoms with E-state index in [9.17, 15) is 0 Å². The summed E-state index contributed by atoms with van der Waals surface area (Å²) in [5, 5.41) is 0. The Morgan fingerprint density at radius 3 is 2.60 bits per heavy atom. The highest BCUT2D eigenvalue weighted by atomic mass is 16.7. The summed E-state index contributed by atoms with van der Waals surface area (Å²) < 4.78 is 24.6. The van der Waals surface area contributed by atoms with Crippen molar-refractivity contribution >= 4 is 6.08 Å². The van der Waals surface area contributed by atoms with Gasteiger partial charge in [-0.15, -0.1) is 0 Å². The van der Waals surface area contributed by atoms with Crippen LogP contribution in [0.1, 0.15) is 36.6 Å². The molecule has 7 heteroatoms. The zero-order valence-electron chi connectivity index (χ0n) is 23.5. The molecule has 0 unspecified atom stereocenters. The van der Waals surface area contributed by atoms with Gasteiger partial charge in [0, 0.05) is 37.3 Å². The quantitative estimate of drug-likeness (QED) is 0.186. The highest BCUT2D eigenvalue weighted by Gasteiger charge is 2.17. The Kier molecular flexibility index (Phi) is 9.04. The van der Waals surface area contributed by atoms with Gasteiger partial charge in [-0.25, -0.2) is 4.98 Å². The van der Waals surface area contributed by atoms with Gasteiger partial charge in [0.25, 0.3) is 0 Å².